The monoisotopic (exact) mass is 422 g/mol. The summed E-state index contributed by atoms with van der Waals surface area (Å²) in [6.45, 7) is 2.46. The SMILES string of the molecule is O=C(NC1CC2(C1)CN(C1CC1)C2)[C@@H]1CC[C@@H]2CN1C(=O)N2OS(=O)(=O)[O-].[Na+]. The van der Waals surface area contributed by atoms with E-state index in [1.165, 1.54) is 17.7 Å². The molecular weight excluding hydrogens is 399 g/mol. The van der Waals surface area contributed by atoms with Gasteiger partial charge in [-0.25, -0.2) is 13.2 Å². The van der Waals surface area contributed by atoms with E-state index < -0.39 is 28.5 Å². The van der Waals surface area contributed by atoms with E-state index in [0.717, 1.165) is 32.0 Å². The molecule has 5 rings (SSSR count). The number of rotatable bonds is 5. The second kappa shape index (κ2) is 7.07. The maximum atomic E-state index is 12.7. The predicted molar refractivity (Wildman–Crippen MR) is 89.7 cm³/mol. The Labute approximate surface area is 186 Å². The fourth-order valence-corrected chi connectivity index (χ4v) is 5.64. The Morgan fingerprint density at radius 2 is 1.79 bits per heavy atom. The Kier molecular flexibility index (Phi) is 5.26. The van der Waals surface area contributed by atoms with Gasteiger partial charge in [-0.05, 0) is 43.9 Å². The second-order valence-corrected chi connectivity index (χ2v) is 9.71. The van der Waals surface area contributed by atoms with Crippen molar-refractivity contribution in [3.05, 3.63) is 0 Å². The maximum Gasteiger partial charge on any atom is 1.00 e. The summed E-state index contributed by atoms with van der Waals surface area (Å²) in [4.78, 5) is 28.9. The van der Waals surface area contributed by atoms with E-state index in [0.29, 0.717) is 23.3 Å². The minimum atomic E-state index is -5.02. The van der Waals surface area contributed by atoms with Crippen molar-refractivity contribution in [2.75, 3.05) is 19.6 Å². The van der Waals surface area contributed by atoms with Gasteiger partial charge in [0.2, 0.25) is 16.3 Å². The van der Waals surface area contributed by atoms with Crippen molar-refractivity contribution in [3.8, 4) is 0 Å². The fraction of sp³-hybridized carbons (Fsp3) is 0.875. The summed E-state index contributed by atoms with van der Waals surface area (Å²) in [5.41, 5.74) is 0.370. The van der Waals surface area contributed by atoms with Crippen LogP contribution in [0, 0.1) is 5.41 Å². The molecule has 10 nitrogen and oxygen atoms in total. The Bertz CT molecular complexity index is 776. The van der Waals surface area contributed by atoms with Crippen LogP contribution in [-0.2, 0) is 19.5 Å². The van der Waals surface area contributed by atoms with Gasteiger partial charge < -0.3 is 14.8 Å². The third kappa shape index (κ3) is 3.70. The Morgan fingerprint density at radius 1 is 1.14 bits per heavy atom. The van der Waals surface area contributed by atoms with Gasteiger partial charge in [-0.3, -0.25) is 9.69 Å². The van der Waals surface area contributed by atoms with Crippen LogP contribution in [0.15, 0.2) is 0 Å². The van der Waals surface area contributed by atoms with E-state index in [9.17, 15) is 22.6 Å². The van der Waals surface area contributed by atoms with Gasteiger partial charge in [0.1, 0.15) is 6.04 Å². The first-order valence-corrected chi connectivity index (χ1v) is 10.9. The van der Waals surface area contributed by atoms with E-state index in [1.807, 2.05) is 0 Å². The average Bonchev–Trinajstić information content (AvgIpc) is 3.32. The minimum Gasteiger partial charge on any atom is -0.724 e. The van der Waals surface area contributed by atoms with Gasteiger partial charge in [-0.1, -0.05) is 0 Å². The molecule has 3 amide bonds. The van der Waals surface area contributed by atoms with E-state index in [1.54, 1.807) is 0 Å². The molecule has 3 aliphatic heterocycles. The first-order chi connectivity index (χ1) is 12.7. The summed E-state index contributed by atoms with van der Waals surface area (Å²) in [5.74, 6) is -0.202. The number of piperidine rings is 1. The van der Waals surface area contributed by atoms with E-state index in [-0.39, 0.29) is 48.1 Å². The number of carbonyl (C=O) groups excluding carboxylic acids is 2. The first-order valence-electron chi connectivity index (χ1n) is 9.53. The summed E-state index contributed by atoms with van der Waals surface area (Å²) in [6.07, 6.45) is 5.44. The minimum absolute atomic E-state index is 0. The topological polar surface area (TPSA) is 122 Å². The molecule has 150 valence electrons. The molecule has 0 aromatic carbocycles. The summed E-state index contributed by atoms with van der Waals surface area (Å²) >= 11 is 0. The predicted octanol–water partition coefficient (Wildman–Crippen LogP) is -3.61. The van der Waals surface area contributed by atoms with Gasteiger partial charge in [-0.15, -0.1) is 0 Å². The normalized spacial score (nSPS) is 32.0. The van der Waals surface area contributed by atoms with Crippen LogP contribution in [0.25, 0.3) is 0 Å². The number of hydrogen-bond acceptors (Lipinski definition) is 7. The summed E-state index contributed by atoms with van der Waals surface area (Å²) < 4.78 is 36.7. The third-order valence-corrected chi connectivity index (χ3v) is 6.99. The smallest absolute Gasteiger partial charge is 0.724 e. The van der Waals surface area contributed by atoms with Crippen LogP contribution in [-0.4, -0.2) is 83.6 Å². The molecule has 0 aromatic rings. The average molecular weight is 422 g/mol. The zero-order valence-corrected chi connectivity index (χ0v) is 18.7. The van der Waals surface area contributed by atoms with Crippen molar-refractivity contribution in [1.82, 2.24) is 20.2 Å². The molecule has 0 aromatic heterocycles. The van der Waals surface area contributed by atoms with E-state index in [4.69, 9.17) is 0 Å². The molecule has 1 spiro atoms. The van der Waals surface area contributed by atoms with Gasteiger partial charge in [-0.2, -0.15) is 9.35 Å². The number of hydroxylamine groups is 2. The van der Waals surface area contributed by atoms with Crippen molar-refractivity contribution in [2.24, 2.45) is 5.41 Å². The summed E-state index contributed by atoms with van der Waals surface area (Å²) in [6, 6.07) is -0.952. The second-order valence-electron chi connectivity index (χ2n) is 8.74. The van der Waals surface area contributed by atoms with E-state index >= 15 is 0 Å². The third-order valence-electron chi connectivity index (χ3n) is 6.64. The van der Waals surface area contributed by atoms with Gasteiger partial charge >= 0.3 is 35.6 Å². The number of carbonyl (C=O) groups is 2. The van der Waals surface area contributed by atoms with Gasteiger partial charge in [0.15, 0.2) is 0 Å². The van der Waals surface area contributed by atoms with Crippen LogP contribution in [0.4, 0.5) is 4.79 Å². The molecule has 0 unspecified atom stereocenters. The van der Waals surface area contributed by atoms with Gasteiger partial charge in [0.25, 0.3) is 0 Å². The number of urea groups is 1. The van der Waals surface area contributed by atoms with Crippen LogP contribution in [0.1, 0.15) is 38.5 Å². The zero-order chi connectivity index (χ0) is 19.0. The molecule has 12 heteroatoms. The molecule has 5 fully saturated rings. The molecule has 2 atom stereocenters. The maximum absolute atomic E-state index is 12.7. The Morgan fingerprint density at radius 3 is 2.39 bits per heavy atom. The number of amides is 3. The number of fused-ring (bicyclic) bond motifs is 2. The van der Waals surface area contributed by atoms with Crippen molar-refractivity contribution >= 4 is 22.3 Å². The largest absolute Gasteiger partial charge is 1.00 e. The van der Waals surface area contributed by atoms with Crippen molar-refractivity contribution in [3.63, 3.8) is 0 Å². The van der Waals surface area contributed by atoms with Crippen molar-refractivity contribution in [2.45, 2.75) is 62.7 Å². The van der Waals surface area contributed by atoms with Crippen LogP contribution in [0.3, 0.4) is 0 Å². The molecule has 2 aliphatic carbocycles. The molecule has 3 heterocycles. The molecule has 2 saturated carbocycles. The molecule has 2 bridgehead atoms. The van der Waals surface area contributed by atoms with Crippen LogP contribution in [0.2, 0.25) is 0 Å². The number of nitrogens with one attached hydrogen (secondary N) is 1. The molecule has 5 aliphatic rings. The number of nitrogens with zero attached hydrogens (tertiary/aromatic N) is 3. The standard InChI is InChI=1S/C16H24N4O6S.Na/c21-14(17-10-5-16(6-10)8-18(9-16)11-1-2-11)13-4-3-12-7-19(13)15(22)20(12)26-27(23,24)25;/h10-13H,1-9H2,(H,17,21)(H,23,24,25);/q;+1/p-1/t12-,13+;/m1./s1. The molecule has 1 N–H and O–H groups in total. The summed E-state index contributed by atoms with van der Waals surface area (Å²) in [7, 11) is -5.02. The number of likely N-dealkylation sites (tertiary alicyclic amines) is 1. The van der Waals surface area contributed by atoms with Crippen molar-refractivity contribution < 1.29 is 56.4 Å². The van der Waals surface area contributed by atoms with E-state index in [2.05, 4.69) is 14.5 Å². The summed E-state index contributed by atoms with van der Waals surface area (Å²) in [5, 5.41) is 3.65. The van der Waals surface area contributed by atoms with Crippen molar-refractivity contribution in [1.29, 1.82) is 0 Å². The molecule has 0 radical (unpaired) electrons. The Hall–Kier alpha value is -0.430. The molecular formula is C16H23N4NaO6S. The fourth-order valence-electron chi connectivity index (χ4n) is 5.26. The Balaban J connectivity index is 0.00000192. The number of hydrogen-bond donors (Lipinski definition) is 1. The molecule has 28 heavy (non-hydrogen) atoms. The first kappa shape index (κ1) is 20.8. The van der Waals surface area contributed by atoms with Gasteiger partial charge in [0, 0.05) is 31.7 Å². The van der Waals surface area contributed by atoms with Crippen LogP contribution in [0.5, 0.6) is 0 Å². The zero-order valence-electron chi connectivity index (χ0n) is 15.9. The van der Waals surface area contributed by atoms with Crippen LogP contribution < -0.4 is 34.9 Å². The van der Waals surface area contributed by atoms with Gasteiger partial charge in [0.05, 0.1) is 6.04 Å². The molecule has 3 saturated heterocycles. The quantitative estimate of drug-likeness (QED) is 0.276. The van der Waals surface area contributed by atoms with Crippen LogP contribution >= 0.6 is 0 Å².